The number of phenolic OH excluding ortho intramolecular Hbond substituents is 1. The summed E-state index contributed by atoms with van der Waals surface area (Å²) in [6.45, 7) is 10.1. The first-order chi connectivity index (χ1) is 22.5. The Labute approximate surface area is 278 Å². The summed E-state index contributed by atoms with van der Waals surface area (Å²) < 4.78 is 0. The Morgan fingerprint density at radius 3 is 1.02 bits per heavy atom. The highest BCUT2D eigenvalue weighted by Crippen LogP contribution is 2.37. The predicted octanol–water partition coefficient (Wildman–Crippen LogP) is 8.18. The standard InChI is InChI=1S/C42H44N2O3/c1-30(41(46,34-18-10-6-11-19-34)35-20-12-7-13-21-35)43-28-32-26-38(40(3,4)5)27-33(39(32)45)29-44-31(2)42(47,36-22-14-8-15-23-36)37-24-16-9-17-25-37/h6-31,45-47H,1-5H3/t30-,31-/m0/s1. The summed E-state index contributed by atoms with van der Waals surface area (Å²) in [6, 6.07) is 40.8. The van der Waals surface area contributed by atoms with E-state index >= 15 is 0 Å². The molecule has 0 spiro atoms. The van der Waals surface area contributed by atoms with Crippen molar-refractivity contribution in [2.75, 3.05) is 0 Å². The number of aliphatic imine (C=N–C) groups is 2. The van der Waals surface area contributed by atoms with Gasteiger partial charge in [-0.2, -0.15) is 0 Å². The number of aliphatic hydroxyl groups is 2. The fraction of sp³-hybridized carbons (Fsp3) is 0.238. The van der Waals surface area contributed by atoms with Crippen LogP contribution in [0.4, 0.5) is 0 Å². The third-order valence-electron chi connectivity index (χ3n) is 8.97. The van der Waals surface area contributed by atoms with E-state index in [0.29, 0.717) is 11.1 Å². The van der Waals surface area contributed by atoms with Gasteiger partial charge in [-0.1, -0.05) is 142 Å². The number of aromatic hydroxyl groups is 1. The van der Waals surface area contributed by atoms with E-state index in [1.807, 2.05) is 147 Å². The highest BCUT2D eigenvalue weighted by molar-refractivity contribution is 5.92. The Bertz CT molecular complexity index is 1610. The second-order valence-corrected chi connectivity index (χ2v) is 13.2. The third-order valence-corrected chi connectivity index (χ3v) is 8.97. The Hall–Kier alpha value is -4.84. The van der Waals surface area contributed by atoms with Crippen LogP contribution in [-0.2, 0) is 16.6 Å². The van der Waals surface area contributed by atoms with Crippen LogP contribution in [0.2, 0.25) is 0 Å². The molecule has 0 saturated heterocycles. The van der Waals surface area contributed by atoms with Crippen molar-refractivity contribution < 1.29 is 15.3 Å². The number of phenols is 1. The molecule has 0 fully saturated rings. The van der Waals surface area contributed by atoms with E-state index in [2.05, 4.69) is 20.8 Å². The summed E-state index contributed by atoms with van der Waals surface area (Å²) in [4.78, 5) is 9.68. The van der Waals surface area contributed by atoms with Crippen LogP contribution in [0, 0.1) is 0 Å². The van der Waals surface area contributed by atoms with Gasteiger partial charge in [-0.05, 0) is 59.2 Å². The topological polar surface area (TPSA) is 85.4 Å². The minimum Gasteiger partial charge on any atom is -0.507 e. The van der Waals surface area contributed by atoms with E-state index in [-0.39, 0.29) is 11.2 Å². The molecule has 5 rings (SSSR count). The summed E-state index contributed by atoms with van der Waals surface area (Å²) in [7, 11) is 0. The van der Waals surface area contributed by atoms with E-state index in [1.165, 1.54) is 0 Å². The fourth-order valence-electron chi connectivity index (χ4n) is 5.98. The van der Waals surface area contributed by atoms with Crippen LogP contribution in [0.25, 0.3) is 0 Å². The summed E-state index contributed by atoms with van der Waals surface area (Å²) in [5.74, 6) is 0.0239. The van der Waals surface area contributed by atoms with Crippen LogP contribution in [0.3, 0.4) is 0 Å². The van der Waals surface area contributed by atoms with Gasteiger partial charge in [0, 0.05) is 23.6 Å². The molecule has 3 N–H and O–H groups in total. The second kappa shape index (κ2) is 13.9. The third kappa shape index (κ3) is 6.97. The minimum absolute atomic E-state index is 0.0239. The average molecular weight is 625 g/mol. The number of nitrogens with zero attached hydrogens (tertiary/aromatic N) is 2. The molecular formula is C42H44N2O3. The fourth-order valence-corrected chi connectivity index (χ4v) is 5.98. The van der Waals surface area contributed by atoms with Gasteiger partial charge in [0.25, 0.3) is 0 Å². The molecule has 240 valence electrons. The highest BCUT2D eigenvalue weighted by Gasteiger charge is 2.38. The first-order valence-electron chi connectivity index (χ1n) is 16.1. The van der Waals surface area contributed by atoms with Crippen molar-refractivity contribution in [1.82, 2.24) is 0 Å². The molecule has 5 nitrogen and oxygen atoms in total. The lowest BCUT2D eigenvalue weighted by molar-refractivity contribution is 0.0587. The van der Waals surface area contributed by atoms with Gasteiger partial charge in [-0.25, -0.2) is 0 Å². The maximum absolute atomic E-state index is 12.2. The quantitative estimate of drug-likeness (QED) is 0.137. The Morgan fingerprint density at radius 1 is 0.489 bits per heavy atom. The van der Waals surface area contributed by atoms with Crippen LogP contribution in [-0.4, -0.2) is 39.8 Å². The maximum Gasteiger partial charge on any atom is 0.137 e. The molecule has 5 aromatic carbocycles. The summed E-state index contributed by atoms with van der Waals surface area (Å²) >= 11 is 0. The van der Waals surface area contributed by atoms with E-state index in [0.717, 1.165) is 27.8 Å². The van der Waals surface area contributed by atoms with Crippen molar-refractivity contribution in [1.29, 1.82) is 0 Å². The zero-order chi connectivity index (χ0) is 33.7. The van der Waals surface area contributed by atoms with Crippen molar-refractivity contribution in [3.05, 3.63) is 172 Å². The highest BCUT2D eigenvalue weighted by atomic mass is 16.3. The molecule has 5 heteroatoms. The molecule has 0 unspecified atom stereocenters. The maximum atomic E-state index is 12.2. The number of rotatable bonds is 10. The lowest BCUT2D eigenvalue weighted by Crippen LogP contribution is -2.38. The van der Waals surface area contributed by atoms with Gasteiger partial charge < -0.3 is 15.3 Å². The van der Waals surface area contributed by atoms with Crippen LogP contribution in [0.5, 0.6) is 5.75 Å². The van der Waals surface area contributed by atoms with Crippen molar-refractivity contribution >= 4 is 12.4 Å². The second-order valence-electron chi connectivity index (χ2n) is 13.2. The molecule has 0 radical (unpaired) electrons. The number of hydrogen-bond donors (Lipinski definition) is 3. The van der Waals surface area contributed by atoms with Crippen molar-refractivity contribution in [3.63, 3.8) is 0 Å². The van der Waals surface area contributed by atoms with Crippen molar-refractivity contribution in [3.8, 4) is 5.75 Å². The first-order valence-corrected chi connectivity index (χ1v) is 16.1. The predicted molar refractivity (Wildman–Crippen MR) is 193 cm³/mol. The monoisotopic (exact) mass is 624 g/mol. The Balaban J connectivity index is 1.54. The van der Waals surface area contributed by atoms with Crippen molar-refractivity contribution in [2.45, 2.75) is 63.3 Å². The molecule has 0 heterocycles. The Kier molecular flexibility index (Phi) is 9.90. The van der Waals surface area contributed by atoms with Gasteiger partial charge in [0.15, 0.2) is 0 Å². The van der Waals surface area contributed by atoms with E-state index < -0.39 is 23.3 Å². The molecule has 0 bridgehead atoms. The number of hydrogen-bond acceptors (Lipinski definition) is 5. The van der Waals surface area contributed by atoms with Gasteiger partial charge in [-0.15, -0.1) is 0 Å². The van der Waals surface area contributed by atoms with E-state index in [4.69, 9.17) is 9.98 Å². The molecule has 47 heavy (non-hydrogen) atoms. The van der Waals surface area contributed by atoms with Gasteiger partial charge in [0.1, 0.15) is 17.0 Å². The first kappa shape index (κ1) is 33.5. The van der Waals surface area contributed by atoms with Gasteiger partial charge >= 0.3 is 0 Å². The molecule has 0 amide bonds. The SMILES string of the molecule is C[C@H](N=Cc1cc(C(C)(C)C)cc(C=N[C@@H](C)C(O)(c2ccccc2)c2ccccc2)c1O)C(O)(c1ccccc1)c1ccccc1. The molecule has 0 aliphatic heterocycles. The zero-order valence-corrected chi connectivity index (χ0v) is 27.7. The zero-order valence-electron chi connectivity index (χ0n) is 27.7. The minimum atomic E-state index is -1.39. The summed E-state index contributed by atoms with van der Waals surface area (Å²) in [6.07, 6.45) is 3.27. The van der Waals surface area contributed by atoms with Gasteiger partial charge in [0.05, 0.1) is 12.1 Å². The molecule has 0 aliphatic carbocycles. The molecular weight excluding hydrogens is 580 g/mol. The lowest BCUT2D eigenvalue weighted by atomic mass is 9.81. The van der Waals surface area contributed by atoms with Crippen LogP contribution in [0.15, 0.2) is 143 Å². The molecule has 0 saturated carbocycles. The Morgan fingerprint density at radius 2 is 0.766 bits per heavy atom. The molecule has 5 aromatic rings. The van der Waals surface area contributed by atoms with E-state index in [9.17, 15) is 15.3 Å². The summed E-state index contributed by atoms with van der Waals surface area (Å²) in [5, 5.41) is 36.0. The molecule has 0 aliphatic rings. The smallest absolute Gasteiger partial charge is 0.137 e. The average Bonchev–Trinajstić information content (AvgIpc) is 3.10. The van der Waals surface area contributed by atoms with E-state index in [1.54, 1.807) is 12.4 Å². The lowest BCUT2D eigenvalue weighted by Gasteiger charge is -2.33. The number of benzene rings is 5. The normalized spacial score (nSPS) is 14.0. The largest absolute Gasteiger partial charge is 0.507 e. The molecule has 0 aromatic heterocycles. The van der Waals surface area contributed by atoms with Crippen molar-refractivity contribution in [2.24, 2.45) is 9.98 Å². The van der Waals surface area contributed by atoms with Gasteiger partial charge in [-0.3, -0.25) is 9.98 Å². The van der Waals surface area contributed by atoms with Gasteiger partial charge in [0.2, 0.25) is 0 Å². The van der Waals surface area contributed by atoms with Crippen LogP contribution < -0.4 is 0 Å². The summed E-state index contributed by atoms with van der Waals surface area (Å²) in [5.41, 5.74) is 1.92. The molecule has 2 atom stereocenters. The van der Waals surface area contributed by atoms with Crippen LogP contribution in [0.1, 0.15) is 73.6 Å². The van der Waals surface area contributed by atoms with Crippen LogP contribution >= 0.6 is 0 Å².